The molecule has 0 aromatic heterocycles. The fourth-order valence-corrected chi connectivity index (χ4v) is 3.59. The van der Waals surface area contributed by atoms with Gasteiger partial charge in [-0.15, -0.1) is 0 Å². The van der Waals surface area contributed by atoms with Gasteiger partial charge in [-0.1, -0.05) is 29.8 Å². The Kier molecular flexibility index (Phi) is 7.57. The molecule has 0 fully saturated rings. The van der Waals surface area contributed by atoms with Crippen molar-refractivity contribution in [1.82, 2.24) is 10.2 Å². The number of benzene rings is 2. The number of ether oxygens (including phenoxy) is 2. The smallest absolute Gasteiger partial charge is 0.242 e. The molecule has 160 valence electrons. The van der Waals surface area contributed by atoms with Crippen LogP contribution in [0.4, 0.5) is 0 Å². The van der Waals surface area contributed by atoms with Crippen molar-refractivity contribution in [1.29, 1.82) is 0 Å². The van der Waals surface area contributed by atoms with Gasteiger partial charge in [-0.2, -0.15) is 0 Å². The van der Waals surface area contributed by atoms with Gasteiger partial charge in [0.2, 0.25) is 11.8 Å². The number of halogens is 1. The molecule has 0 spiro atoms. The largest absolute Gasteiger partial charge is 0.486 e. The summed E-state index contributed by atoms with van der Waals surface area (Å²) in [5, 5.41) is 3.40. The summed E-state index contributed by atoms with van der Waals surface area (Å²) in [5.74, 6) is 1.16. The van der Waals surface area contributed by atoms with Crippen LogP contribution in [0, 0.1) is 0 Å². The van der Waals surface area contributed by atoms with E-state index in [1.54, 1.807) is 17.9 Å². The molecule has 2 amide bonds. The highest BCUT2D eigenvalue weighted by Crippen LogP contribution is 2.31. The molecule has 30 heavy (non-hydrogen) atoms. The Labute approximate surface area is 182 Å². The predicted molar refractivity (Wildman–Crippen MR) is 116 cm³/mol. The highest BCUT2D eigenvalue weighted by atomic mass is 35.5. The Bertz CT molecular complexity index is 903. The van der Waals surface area contributed by atoms with Gasteiger partial charge in [0.15, 0.2) is 11.5 Å². The van der Waals surface area contributed by atoms with Crippen molar-refractivity contribution in [3.05, 3.63) is 58.6 Å². The molecule has 0 saturated heterocycles. The number of rotatable bonds is 8. The quantitative estimate of drug-likeness (QED) is 0.694. The first kappa shape index (κ1) is 22.0. The standard InChI is InChI=1S/C23H27ClN2O4/c1-3-25-23(28)16(2)26(15-18-5-4-6-19(24)13-18)22(27)10-8-17-7-9-20-21(14-17)30-12-11-29-20/h4-7,9,13-14,16H,3,8,10-12,15H2,1-2H3,(H,25,28). The third-order valence-corrected chi connectivity index (χ3v) is 5.23. The van der Waals surface area contributed by atoms with Gasteiger partial charge in [0.05, 0.1) is 0 Å². The van der Waals surface area contributed by atoms with Crippen LogP contribution in [0.1, 0.15) is 31.4 Å². The van der Waals surface area contributed by atoms with E-state index in [1.165, 1.54) is 0 Å². The van der Waals surface area contributed by atoms with Crippen LogP contribution < -0.4 is 14.8 Å². The molecule has 1 atom stereocenters. The molecule has 3 rings (SSSR count). The summed E-state index contributed by atoms with van der Waals surface area (Å²) in [5.41, 5.74) is 1.87. The topological polar surface area (TPSA) is 67.9 Å². The van der Waals surface area contributed by atoms with E-state index in [-0.39, 0.29) is 18.2 Å². The summed E-state index contributed by atoms with van der Waals surface area (Å²) in [6, 6.07) is 12.5. The molecule has 0 saturated carbocycles. The summed E-state index contributed by atoms with van der Waals surface area (Å²) in [6.07, 6.45) is 0.827. The van der Waals surface area contributed by atoms with Gasteiger partial charge in [-0.3, -0.25) is 9.59 Å². The van der Waals surface area contributed by atoms with E-state index in [0.717, 1.165) is 16.9 Å². The maximum atomic E-state index is 13.1. The summed E-state index contributed by atoms with van der Waals surface area (Å²) < 4.78 is 11.2. The Morgan fingerprint density at radius 2 is 1.87 bits per heavy atom. The lowest BCUT2D eigenvalue weighted by Crippen LogP contribution is -2.47. The van der Waals surface area contributed by atoms with Gasteiger partial charge in [-0.25, -0.2) is 0 Å². The fraction of sp³-hybridized carbons (Fsp3) is 0.391. The van der Waals surface area contributed by atoms with Crippen LogP contribution in [0.15, 0.2) is 42.5 Å². The maximum Gasteiger partial charge on any atom is 0.242 e. The second-order valence-electron chi connectivity index (χ2n) is 7.20. The zero-order chi connectivity index (χ0) is 21.5. The Morgan fingerprint density at radius 3 is 2.60 bits per heavy atom. The van der Waals surface area contributed by atoms with E-state index < -0.39 is 6.04 Å². The highest BCUT2D eigenvalue weighted by Gasteiger charge is 2.25. The lowest BCUT2D eigenvalue weighted by atomic mass is 10.1. The fourth-order valence-electron chi connectivity index (χ4n) is 3.37. The van der Waals surface area contributed by atoms with Crippen molar-refractivity contribution in [2.24, 2.45) is 0 Å². The number of fused-ring (bicyclic) bond motifs is 1. The van der Waals surface area contributed by atoms with Crippen LogP contribution in [0.2, 0.25) is 5.02 Å². The van der Waals surface area contributed by atoms with Gasteiger partial charge in [-0.05, 0) is 55.7 Å². The number of carbonyl (C=O) groups is 2. The third kappa shape index (κ3) is 5.66. The van der Waals surface area contributed by atoms with E-state index in [2.05, 4.69) is 5.32 Å². The van der Waals surface area contributed by atoms with Crippen LogP contribution in [-0.4, -0.2) is 42.5 Å². The molecule has 6 nitrogen and oxygen atoms in total. The molecule has 1 heterocycles. The second-order valence-corrected chi connectivity index (χ2v) is 7.64. The minimum atomic E-state index is -0.586. The van der Waals surface area contributed by atoms with E-state index in [0.29, 0.717) is 43.5 Å². The van der Waals surface area contributed by atoms with Gasteiger partial charge in [0, 0.05) is 24.5 Å². The normalized spacial score (nSPS) is 13.4. The van der Waals surface area contributed by atoms with Crippen LogP contribution in [0.3, 0.4) is 0 Å². The first-order valence-electron chi connectivity index (χ1n) is 10.2. The van der Waals surface area contributed by atoms with Crippen molar-refractivity contribution < 1.29 is 19.1 Å². The maximum absolute atomic E-state index is 13.1. The monoisotopic (exact) mass is 430 g/mol. The van der Waals surface area contributed by atoms with E-state index in [1.807, 2.05) is 43.3 Å². The first-order chi connectivity index (χ1) is 14.5. The first-order valence-corrected chi connectivity index (χ1v) is 10.6. The van der Waals surface area contributed by atoms with Gasteiger partial charge < -0.3 is 19.7 Å². The van der Waals surface area contributed by atoms with E-state index >= 15 is 0 Å². The lowest BCUT2D eigenvalue weighted by molar-refractivity contribution is -0.140. The van der Waals surface area contributed by atoms with Gasteiger partial charge in [0.1, 0.15) is 19.3 Å². The van der Waals surface area contributed by atoms with Crippen molar-refractivity contribution >= 4 is 23.4 Å². The molecule has 7 heteroatoms. The van der Waals surface area contributed by atoms with Crippen LogP contribution in [-0.2, 0) is 22.6 Å². The Hall–Kier alpha value is -2.73. The van der Waals surface area contributed by atoms with Crippen molar-refractivity contribution in [2.45, 2.75) is 39.3 Å². The molecule has 0 bridgehead atoms. The number of hydrogen-bond donors (Lipinski definition) is 1. The Balaban J connectivity index is 1.71. The number of likely N-dealkylation sites (N-methyl/N-ethyl adjacent to an activating group) is 1. The zero-order valence-electron chi connectivity index (χ0n) is 17.3. The van der Waals surface area contributed by atoms with Crippen molar-refractivity contribution in [3.8, 4) is 11.5 Å². The highest BCUT2D eigenvalue weighted by molar-refractivity contribution is 6.30. The number of aryl methyl sites for hydroxylation is 1. The number of nitrogens with one attached hydrogen (secondary N) is 1. The van der Waals surface area contributed by atoms with Crippen molar-refractivity contribution in [2.75, 3.05) is 19.8 Å². The molecule has 0 radical (unpaired) electrons. The Morgan fingerprint density at radius 1 is 1.10 bits per heavy atom. The molecule has 2 aromatic carbocycles. The predicted octanol–water partition coefficient (Wildman–Crippen LogP) is 3.60. The molecule has 1 N–H and O–H groups in total. The average molecular weight is 431 g/mol. The molecule has 1 aliphatic heterocycles. The molecule has 1 unspecified atom stereocenters. The number of hydrogen-bond acceptors (Lipinski definition) is 4. The van der Waals surface area contributed by atoms with Gasteiger partial charge >= 0.3 is 0 Å². The lowest BCUT2D eigenvalue weighted by Gasteiger charge is -2.29. The average Bonchev–Trinajstić information content (AvgIpc) is 2.75. The van der Waals surface area contributed by atoms with Crippen molar-refractivity contribution in [3.63, 3.8) is 0 Å². The van der Waals surface area contributed by atoms with E-state index in [9.17, 15) is 9.59 Å². The molecular weight excluding hydrogens is 404 g/mol. The minimum Gasteiger partial charge on any atom is -0.486 e. The number of nitrogens with zero attached hydrogens (tertiary/aromatic N) is 1. The van der Waals surface area contributed by atoms with Crippen LogP contribution >= 0.6 is 11.6 Å². The summed E-state index contributed by atoms with van der Waals surface area (Å²) in [7, 11) is 0. The van der Waals surface area contributed by atoms with Crippen LogP contribution in [0.25, 0.3) is 0 Å². The number of amides is 2. The summed E-state index contributed by atoms with van der Waals surface area (Å²) in [6.45, 7) is 5.50. The number of carbonyl (C=O) groups excluding carboxylic acids is 2. The minimum absolute atomic E-state index is 0.0939. The molecular formula is C23H27ClN2O4. The molecule has 0 aliphatic carbocycles. The molecule has 2 aromatic rings. The summed E-state index contributed by atoms with van der Waals surface area (Å²) >= 11 is 6.09. The van der Waals surface area contributed by atoms with Gasteiger partial charge in [0.25, 0.3) is 0 Å². The summed E-state index contributed by atoms with van der Waals surface area (Å²) in [4.78, 5) is 27.1. The zero-order valence-corrected chi connectivity index (χ0v) is 18.1. The van der Waals surface area contributed by atoms with Crippen LogP contribution in [0.5, 0.6) is 11.5 Å². The second kappa shape index (κ2) is 10.3. The molecule has 1 aliphatic rings. The SMILES string of the molecule is CCNC(=O)C(C)N(Cc1cccc(Cl)c1)C(=O)CCc1ccc2c(c1)OCCO2. The van der Waals surface area contributed by atoms with E-state index in [4.69, 9.17) is 21.1 Å². The third-order valence-electron chi connectivity index (χ3n) is 4.99.